The topological polar surface area (TPSA) is 21.3 Å². The third-order valence-electron chi connectivity index (χ3n) is 4.81. The molecular formula is C18H27NO. The Morgan fingerprint density at radius 1 is 1.20 bits per heavy atom. The number of morpholine rings is 1. The molecule has 0 bridgehead atoms. The molecule has 0 radical (unpaired) electrons. The highest BCUT2D eigenvalue weighted by atomic mass is 16.5. The molecule has 0 aromatic heterocycles. The maximum atomic E-state index is 6.48. The van der Waals surface area contributed by atoms with E-state index in [-0.39, 0.29) is 5.60 Å². The number of ether oxygens (including phenoxy) is 1. The van der Waals surface area contributed by atoms with Gasteiger partial charge < -0.3 is 10.1 Å². The minimum atomic E-state index is -0.0527. The van der Waals surface area contributed by atoms with E-state index in [4.69, 9.17) is 4.74 Å². The average Bonchev–Trinajstić information content (AvgIpc) is 2.92. The van der Waals surface area contributed by atoms with Crippen molar-refractivity contribution >= 4 is 0 Å². The van der Waals surface area contributed by atoms with Gasteiger partial charge in [0.1, 0.15) is 0 Å². The van der Waals surface area contributed by atoms with Crippen molar-refractivity contribution < 1.29 is 4.74 Å². The van der Waals surface area contributed by atoms with Gasteiger partial charge in [-0.3, -0.25) is 0 Å². The number of nitrogens with one attached hydrogen (secondary N) is 1. The second-order valence-electron chi connectivity index (χ2n) is 6.87. The summed E-state index contributed by atoms with van der Waals surface area (Å²) in [4.78, 5) is 0. The van der Waals surface area contributed by atoms with Crippen molar-refractivity contribution in [3.63, 3.8) is 0 Å². The van der Waals surface area contributed by atoms with Crippen LogP contribution in [0.5, 0.6) is 0 Å². The van der Waals surface area contributed by atoms with Crippen molar-refractivity contribution in [1.82, 2.24) is 5.32 Å². The first kappa shape index (κ1) is 14.1. The molecule has 2 unspecified atom stereocenters. The highest BCUT2D eigenvalue weighted by Crippen LogP contribution is 2.32. The van der Waals surface area contributed by atoms with Gasteiger partial charge in [-0.25, -0.2) is 0 Å². The zero-order valence-electron chi connectivity index (χ0n) is 12.6. The fourth-order valence-electron chi connectivity index (χ4n) is 3.86. The second-order valence-corrected chi connectivity index (χ2v) is 6.87. The summed E-state index contributed by atoms with van der Waals surface area (Å²) in [6, 6.07) is 10.7. The first-order valence-corrected chi connectivity index (χ1v) is 8.16. The number of benzene rings is 1. The lowest BCUT2D eigenvalue weighted by molar-refractivity contribution is -0.111. The molecule has 1 saturated carbocycles. The molecule has 0 spiro atoms. The van der Waals surface area contributed by atoms with Gasteiger partial charge in [-0.15, -0.1) is 0 Å². The molecule has 20 heavy (non-hydrogen) atoms. The van der Waals surface area contributed by atoms with Gasteiger partial charge in [0.15, 0.2) is 0 Å². The van der Waals surface area contributed by atoms with Crippen LogP contribution in [0.25, 0.3) is 0 Å². The van der Waals surface area contributed by atoms with Gasteiger partial charge >= 0.3 is 0 Å². The lowest BCUT2D eigenvalue weighted by Gasteiger charge is -2.40. The van der Waals surface area contributed by atoms with Gasteiger partial charge in [0.2, 0.25) is 0 Å². The Bertz CT molecular complexity index is 413. The Morgan fingerprint density at radius 2 is 1.95 bits per heavy atom. The minimum Gasteiger partial charge on any atom is -0.369 e. The van der Waals surface area contributed by atoms with E-state index in [2.05, 4.69) is 42.6 Å². The molecule has 1 aliphatic heterocycles. The van der Waals surface area contributed by atoms with Crippen LogP contribution in [0.3, 0.4) is 0 Å². The minimum absolute atomic E-state index is 0.0527. The van der Waals surface area contributed by atoms with Crippen molar-refractivity contribution in [2.45, 2.75) is 57.2 Å². The highest BCUT2D eigenvalue weighted by molar-refractivity contribution is 5.17. The molecule has 1 aromatic carbocycles. The highest BCUT2D eigenvalue weighted by Gasteiger charge is 2.34. The monoisotopic (exact) mass is 273 g/mol. The molecule has 1 aromatic rings. The molecule has 2 atom stereocenters. The Hall–Kier alpha value is -0.860. The molecule has 2 heteroatoms. The molecule has 1 saturated heterocycles. The molecule has 2 nitrogen and oxygen atoms in total. The van der Waals surface area contributed by atoms with Gasteiger partial charge in [0.25, 0.3) is 0 Å². The maximum Gasteiger partial charge on any atom is 0.0822 e. The van der Waals surface area contributed by atoms with E-state index in [0.717, 1.165) is 25.4 Å². The molecular weight excluding hydrogens is 246 g/mol. The average molecular weight is 273 g/mol. The normalized spacial score (nSPS) is 31.6. The summed E-state index contributed by atoms with van der Waals surface area (Å²) in [5.74, 6) is 0.904. The largest absolute Gasteiger partial charge is 0.369 e. The summed E-state index contributed by atoms with van der Waals surface area (Å²) in [6.07, 6.45) is 8.32. The Labute approximate surface area is 122 Å². The molecule has 1 N–H and O–H groups in total. The SMILES string of the molecule is CC1(Cc2ccccc2)CNCC(CC2CCCC2)O1. The smallest absolute Gasteiger partial charge is 0.0822 e. The Balaban J connectivity index is 1.58. The van der Waals surface area contributed by atoms with Crippen LogP contribution in [0.1, 0.15) is 44.6 Å². The van der Waals surface area contributed by atoms with Crippen molar-refractivity contribution in [3.05, 3.63) is 35.9 Å². The number of hydrogen-bond donors (Lipinski definition) is 1. The van der Waals surface area contributed by atoms with Crippen LogP contribution >= 0.6 is 0 Å². The molecule has 1 heterocycles. The van der Waals surface area contributed by atoms with E-state index < -0.39 is 0 Å². The van der Waals surface area contributed by atoms with E-state index in [1.807, 2.05) is 0 Å². The van der Waals surface area contributed by atoms with Gasteiger partial charge in [0.05, 0.1) is 11.7 Å². The third-order valence-corrected chi connectivity index (χ3v) is 4.81. The van der Waals surface area contributed by atoms with Gasteiger partial charge in [-0.2, -0.15) is 0 Å². The fourth-order valence-corrected chi connectivity index (χ4v) is 3.86. The Morgan fingerprint density at radius 3 is 2.70 bits per heavy atom. The summed E-state index contributed by atoms with van der Waals surface area (Å²) >= 11 is 0. The van der Waals surface area contributed by atoms with E-state index in [1.165, 1.54) is 37.7 Å². The predicted molar refractivity (Wildman–Crippen MR) is 82.9 cm³/mol. The van der Waals surface area contributed by atoms with Crippen molar-refractivity contribution in [2.75, 3.05) is 13.1 Å². The number of hydrogen-bond acceptors (Lipinski definition) is 2. The van der Waals surface area contributed by atoms with Gasteiger partial charge in [-0.05, 0) is 24.8 Å². The van der Waals surface area contributed by atoms with Crippen molar-refractivity contribution in [3.8, 4) is 0 Å². The maximum absolute atomic E-state index is 6.48. The van der Waals surface area contributed by atoms with Crippen LogP contribution in [0.4, 0.5) is 0 Å². The van der Waals surface area contributed by atoms with Crippen LogP contribution in [-0.2, 0) is 11.2 Å². The zero-order chi connectivity index (χ0) is 13.8. The molecule has 0 amide bonds. The van der Waals surface area contributed by atoms with Crippen LogP contribution in [0.15, 0.2) is 30.3 Å². The van der Waals surface area contributed by atoms with Gasteiger partial charge in [0, 0.05) is 19.5 Å². The summed E-state index contributed by atoms with van der Waals surface area (Å²) in [5.41, 5.74) is 1.32. The summed E-state index contributed by atoms with van der Waals surface area (Å²) in [6.45, 7) is 4.25. The first-order chi connectivity index (χ1) is 9.73. The zero-order valence-corrected chi connectivity index (χ0v) is 12.6. The fraction of sp³-hybridized carbons (Fsp3) is 0.667. The van der Waals surface area contributed by atoms with Crippen molar-refractivity contribution in [1.29, 1.82) is 0 Å². The van der Waals surface area contributed by atoms with E-state index in [1.54, 1.807) is 0 Å². The van der Waals surface area contributed by atoms with E-state index in [9.17, 15) is 0 Å². The van der Waals surface area contributed by atoms with Crippen LogP contribution in [0, 0.1) is 5.92 Å². The molecule has 1 aliphatic carbocycles. The van der Waals surface area contributed by atoms with E-state index in [0.29, 0.717) is 6.10 Å². The lowest BCUT2D eigenvalue weighted by Crippen LogP contribution is -2.53. The Kier molecular flexibility index (Phi) is 4.42. The molecule has 2 aliphatic rings. The summed E-state index contributed by atoms with van der Waals surface area (Å²) in [7, 11) is 0. The van der Waals surface area contributed by atoms with Crippen LogP contribution < -0.4 is 5.32 Å². The van der Waals surface area contributed by atoms with Crippen molar-refractivity contribution in [2.24, 2.45) is 5.92 Å². The predicted octanol–water partition coefficient (Wildman–Crippen LogP) is 3.56. The quantitative estimate of drug-likeness (QED) is 0.905. The standard InChI is InChI=1S/C18H27NO/c1-18(12-16-9-3-2-4-10-16)14-19-13-17(20-18)11-15-7-5-6-8-15/h2-4,9-10,15,17,19H,5-8,11-14H2,1H3. The van der Waals surface area contributed by atoms with Gasteiger partial charge in [-0.1, -0.05) is 56.0 Å². The third kappa shape index (κ3) is 3.62. The van der Waals surface area contributed by atoms with Crippen LogP contribution in [-0.4, -0.2) is 24.8 Å². The molecule has 2 fully saturated rings. The number of rotatable bonds is 4. The summed E-state index contributed by atoms with van der Waals surface area (Å²) in [5, 5.41) is 3.59. The lowest BCUT2D eigenvalue weighted by atomic mass is 9.92. The molecule has 3 rings (SSSR count). The molecule has 110 valence electrons. The summed E-state index contributed by atoms with van der Waals surface area (Å²) < 4.78 is 6.48. The van der Waals surface area contributed by atoms with Crippen LogP contribution in [0.2, 0.25) is 0 Å². The van der Waals surface area contributed by atoms with E-state index >= 15 is 0 Å². The first-order valence-electron chi connectivity index (χ1n) is 8.16. The second kappa shape index (κ2) is 6.28.